The van der Waals surface area contributed by atoms with Gasteiger partial charge in [-0.15, -0.1) is 0 Å². The van der Waals surface area contributed by atoms with Crippen LogP contribution in [0, 0.1) is 17.1 Å². The molecule has 1 fully saturated rings. The SMILES string of the molecule is CN1CCN(Cc2ccc(F)c(C#N)c2)C(C)(C)C1=O. The number of nitrogens with zero attached hydrogens (tertiary/aromatic N) is 3. The number of carbonyl (C=O) groups excluding carboxylic acids is 1. The fourth-order valence-electron chi connectivity index (χ4n) is 2.51. The minimum atomic E-state index is -0.589. The van der Waals surface area contributed by atoms with Crippen LogP contribution in [0.5, 0.6) is 0 Å². The van der Waals surface area contributed by atoms with Crippen LogP contribution < -0.4 is 0 Å². The van der Waals surface area contributed by atoms with Gasteiger partial charge in [-0.25, -0.2) is 4.39 Å². The van der Waals surface area contributed by atoms with E-state index in [-0.39, 0.29) is 11.5 Å². The monoisotopic (exact) mass is 275 g/mol. The van der Waals surface area contributed by atoms with Crippen LogP contribution in [0.4, 0.5) is 4.39 Å². The summed E-state index contributed by atoms with van der Waals surface area (Å²) >= 11 is 0. The van der Waals surface area contributed by atoms with Crippen LogP contribution in [-0.2, 0) is 11.3 Å². The van der Waals surface area contributed by atoms with Crippen LogP contribution in [-0.4, -0.2) is 41.4 Å². The Morgan fingerprint density at radius 1 is 1.40 bits per heavy atom. The number of likely N-dealkylation sites (N-methyl/N-ethyl adjacent to an activating group) is 1. The van der Waals surface area contributed by atoms with E-state index in [1.54, 1.807) is 24.1 Å². The van der Waals surface area contributed by atoms with Gasteiger partial charge in [0.2, 0.25) is 5.91 Å². The zero-order valence-corrected chi connectivity index (χ0v) is 12.0. The molecule has 0 radical (unpaired) electrons. The Morgan fingerprint density at radius 2 is 2.10 bits per heavy atom. The molecule has 0 saturated carbocycles. The van der Waals surface area contributed by atoms with Gasteiger partial charge in [0.15, 0.2) is 0 Å². The standard InChI is InChI=1S/C15H18FN3O/c1-15(2)14(20)18(3)6-7-19(15)10-11-4-5-13(16)12(8-11)9-17/h4-5,8H,6-7,10H2,1-3H3. The number of carbonyl (C=O) groups is 1. The molecule has 0 bridgehead atoms. The number of rotatable bonds is 2. The summed E-state index contributed by atoms with van der Waals surface area (Å²) in [6.45, 7) is 5.74. The van der Waals surface area contributed by atoms with Crippen molar-refractivity contribution in [3.63, 3.8) is 0 Å². The van der Waals surface area contributed by atoms with Gasteiger partial charge < -0.3 is 4.90 Å². The van der Waals surface area contributed by atoms with Crippen LogP contribution in [0.2, 0.25) is 0 Å². The molecular weight excluding hydrogens is 257 g/mol. The second-order valence-corrected chi connectivity index (χ2v) is 5.63. The Balaban J connectivity index is 2.22. The highest BCUT2D eigenvalue weighted by molar-refractivity contribution is 5.86. The molecule has 1 aliphatic heterocycles. The number of piperazine rings is 1. The van der Waals surface area contributed by atoms with Crippen LogP contribution >= 0.6 is 0 Å². The Morgan fingerprint density at radius 3 is 2.75 bits per heavy atom. The van der Waals surface area contributed by atoms with Crippen molar-refractivity contribution in [3.8, 4) is 6.07 Å². The summed E-state index contributed by atoms with van der Waals surface area (Å²) < 4.78 is 13.3. The Labute approximate surface area is 118 Å². The molecule has 1 amide bonds. The van der Waals surface area contributed by atoms with E-state index in [9.17, 15) is 9.18 Å². The van der Waals surface area contributed by atoms with E-state index in [2.05, 4.69) is 4.90 Å². The lowest BCUT2D eigenvalue weighted by Gasteiger charge is -2.44. The second-order valence-electron chi connectivity index (χ2n) is 5.63. The molecule has 1 aromatic carbocycles. The highest BCUT2D eigenvalue weighted by Gasteiger charge is 2.40. The average Bonchev–Trinajstić information content (AvgIpc) is 2.42. The van der Waals surface area contributed by atoms with E-state index in [0.29, 0.717) is 13.1 Å². The molecule has 1 aromatic rings. The smallest absolute Gasteiger partial charge is 0.242 e. The summed E-state index contributed by atoms with van der Waals surface area (Å²) in [6.07, 6.45) is 0. The maximum absolute atomic E-state index is 13.3. The molecule has 0 spiro atoms. The number of halogens is 1. The molecule has 5 heteroatoms. The normalized spacial score (nSPS) is 18.9. The molecule has 1 heterocycles. The molecule has 1 saturated heterocycles. The van der Waals surface area contributed by atoms with E-state index >= 15 is 0 Å². The minimum absolute atomic E-state index is 0.0424. The number of hydrogen-bond donors (Lipinski definition) is 0. The average molecular weight is 275 g/mol. The summed E-state index contributed by atoms with van der Waals surface area (Å²) in [4.78, 5) is 16.0. The molecule has 0 atom stereocenters. The highest BCUT2D eigenvalue weighted by atomic mass is 19.1. The summed E-state index contributed by atoms with van der Waals surface area (Å²) in [5.74, 6) is -0.434. The fourth-order valence-corrected chi connectivity index (χ4v) is 2.51. The van der Waals surface area contributed by atoms with Crippen molar-refractivity contribution in [2.24, 2.45) is 0 Å². The Hall–Kier alpha value is -1.93. The van der Waals surface area contributed by atoms with E-state index < -0.39 is 11.4 Å². The molecule has 2 rings (SSSR count). The van der Waals surface area contributed by atoms with Crippen molar-refractivity contribution >= 4 is 5.91 Å². The zero-order valence-electron chi connectivity index (χ0n) is 12.0. The molecule has 20 heavy (non-hydrogen) atoms. The number of hydrogen-bond acceptors (Lipinski definition) is 3. The third-order valence-electron chi connectivity index (χ3n) is 3.89. The molecular formula is C15H18FN3O. The van der Waals surface area contributed by atoms with Gasteiger partial charge in [-0.3, -0.25) is 9.69 Å². The zero-order chi connectivity index (χ0) is 14.9. The van der Waals surface area contributed by atoms with Gasteiger partial charge in [0.1, 0.15) is 11.9 Å². The van der Waals surface area contributed by atoms with E-state index in [1.165, 1.54) is 6.07 Å². The lowest BCUT2D eigenvalue weighted by molar-refractivity contribution is -0.147. The molecule has 0 aromatic heterocycles. The first kappa shape index (κ1) is 14.5. The second kappa shape index (κ2) is 5.22. The highest BCUT2D eigenvalue weighted by Crippen LogP contribution is 2.24. The first-order valence-corrected chi connectivity index (χ1v) is 6.55. The van der Waals surface area contributed by atoms with Crippen molar-refractivity contribution in [2.45, 2.75) is 25.9 Å². The van der Waals surface area contributed by atoms with Crippen LogP contribution in [0.25, 0.3) is 0 Å². The van der Waals surface area contributed by atoms with Crippen molar-refractivity contribution in [1.82, 2.24) is 9.80 Å². The maximum atomic E-state index is 13.3. The van der Waals surface area contributed by atoms with Gasteiger partial charge >= 0.3 is 0 Å². The van der Waals surface area contributed by atoms with Crippen LogP contribution in [0.15, 0.2) is 18.2 Å². The van der Waals surface area contributed by atoms with Gasteiger partial charge in [0, 0.05) is 26.7 Å². The molecule has 0 aliphatic carbocycles. The van der Waals surface area contributed by atoms with Gasteiger partial charge in [-0.2, -0.15) is 5.26 Å². The quantitative estimate of drug-likeness (QED) is 0.826. The third kappa shape index (κ3) is 2.52. The van der Waals surface area contributed by atoms with Crippen molar-refractivity contribution in [2.75, 3.05) is 20.1 Å². The summed E-state index contributed by atoms with van der Waals surface area (Å²) in [5, 5.41) is 8.86. The first-order chi connectivity index (χ1) is 9.36. The van der Waals surface area contributed by atoms with Crippen molar-refractivity contribution in [1.29, 1.82) is 5.26 Å². The van der Waals surface area contributed by atoms with Gasteiger partial charge in [-0.1, -0.05) is 6.07 Å². The van der Waals surface area contributed by atoms with Gasteiger partial charge in [-0.05, 0) is 31.5 Å². The summed E-state index contributed by atoms with van der Waals surface area (Å²) in [7, 11) is 1.80. The molecule has 4 nitrogen and oxygen atoms in total. The van der Waals surface area contributed by atoms with E-state index in [0.717, 1.165) is 12.1 Å². The third-order valence-corrected chi connectivity index (χ3v) is 3.89. The van der Waals surface area contributed by atoms with Crippen molar-refractivity contribution < 1.29 is 9.18 Å². The topological polar surface area (TPSA) is 47.3 Å². The summed E-state index contributed by atoms with van der Waals surface area (Å²) in [5.41, 5.74) is 0.294. The lowest BCUT2D eigenvalue weighted by Crippen LogP contribution is -2.61. The van der Waals surface area contributed by atoms with Crippen LogP contribution in [0.1, 0.15) is 25.0 Å². The Bertz CT molecular complexity index is 577. The molecule has 1 aliphatic rings. The lowest BCUT2D eigenvalue weighted by atomic mass is 9.96. The maximum Gasteiger partial charge on any atom is 0.242 e. The number of nitriles is 1. The molecule has 0 unspecified atom stereocenters. The molecule has 0 N–H and O–H groups in total. The van der Waals surface area contributed by atoms with Crippen molar-refractivity contribution in [3.05, 3.63) is 35.1 Å². The Kier molecular flexibility index (Phi) is 3.78. The fraction of sp³-hybridized carbons (Fsp3) is 0.467. The van der Waals surface area contributed by atoms with Crippen LogP contribution in [0.3, 0.4) is 0 Å². The molecule has 106 valence electrons. The summed E-state index contributed by atoms with van der Waals surface area (Å²) in [6, 6.07) is 6.36. The first-order valence-electron chi connectivity index (χ1n) is 6.55. The van der Waals surface area contributed by atoms with E-state index in [1.807, 2.05) is 19.9 Å². The predicted molar refractivity (Wildman–Crippen MR) is 73.2 cm³/mol. The number of benzene rings is 1. The number of amides is 1. The van der Waals surface area contributed by atoms with Gasteiger partial charge in [0.25, 0.3) is 0 Å². The van der Waals surface area contributed by atoms with Gasteiger partial charge in [0.05, 0.1) is 11.1 Å². The largest absolute Gasteiger partial charge is 0.343 e. The predicted octanol–water partition coefficient (Wildman–Crippen LogP) is 1.75. The van der Waals surface area contributed by atoms with E-state index in [4.69, 9.17) is 5.26 Å². The minimum Gasteiger partial charge on any atom is -0.343 e.